The van der Waals surface area contributed by atoms with E-state index in [1.54, 1.807) is 0 Å². The van der Waals surface area contributed by atoms with Crippen LogP contribution in [0.2, 0.25) is 0 Å². The molecule has 0 bridgehead atoms. The Bertz CT molecular complexity index is 366. The number of nitrogens with zero attached hydrogens (tertiary/aromatic N) is 1. The maximum absolute atomic E-state index is 11.9. The Morgan fingerprint density at radius 3 is 2.88 bits per heavy atom. The van der Waals surface area contributed by atoms with Gasteiger partial charge in [0.1, 0.15) is 0 Å². The second-order valence-corrected chi connectivity index (χ2v) is 4.37. The molecule has 1 heterocycles. The molecule has 0 spiro atoms. The molecule has 3 N–H and O–H groups in total. The molecule has 0 aliphatic carbocycles. The van der Waals surface area contributed by atoms with E-state index in [0.717, 1.165) is 24.9 Å². The van der Waals surface area contributed by atoms with Gasteiger partial charge in [-0.15, -0.1) is 0 Å². The molecule has 17 heavy (non-hydrogen) atoms. The van der Waals surface area contributed by atoms with Gasteiger partial charge in [0.2, 0.25) is 0 Å². The van der Waals surface area contributed by atoms with Gasteiger partial charge in [-0.3, -0.25) is 0 Å². The highest BCUT2D eigenvalue weighted by molar-refractivity contribution is 5.74. The number of hydrogen-bond donors (Lipinski definition) is 2. The van der Waals surface area contributed by atoms with E-state index in [4.69, 9.17) is 5.73 Å². The molecule has 0 aromatic heterocycles. The van der Waals surface area contributed by atoms with Crippen LogP contribution in [0.5, 0.6) is 0 Å². The van der Waals surface area contributed by atoms with Gasteiger partial charge in [0.25, 0.3) is 0 Å². The molecule has 0 saturated carbocycles. The smallest absolute Gasteiger partial charge is 0.317 e. The van der Waals surface area contributed by atoms with Gasteiger partial charge >= 0.3 is 6.03 Å². The first-order valence-corrected chi connectivity index (χ1v) is 6.09. The van der Waals surface area contributed by atoms with Crippen molar-refractivity contribution in [2.45, 2.75) is 25.4 Å². The largest absolute Gasteiger partial charge is 0.334 e. The van der Waals surface area contributed by atoms with Gasteiger partial charge < -0.3 is 16.0 Å². The number of likely N-dealkylation sites (tertiary alicyclic amines) is 1. The number of benzene rings is 1. The third-order valence-electron chi connectivity index (χ3n) is 3.20. The number of urea groups is 1. The van der Waals surface area contributed by atoms with E-state index in [2.05, 4.69) is 5.32 Å². The van der Waals surface area contributed by atoms with Crippen LogP contribution < -0.4 is 11.1 Å². The topological polar surface area (TPSA) is 58.4 Å². The number of carbonyl (C=O) groups excluding carboxylic acids is 1. The van der Waals surface area contributed by atoms with Gasteiger partial charge in [0, 0.05) is 25.7 Å². The molecule has 2 rings (SSSR count). The number of carbonyl (C=O) groups is 1. The Labute approximate surface area is 102 Å². The van der Waals surface area contributed by atoms with Gasteiger partial charge in [-0.2, -0.15) is 0 Å². The van der Waals surface area contributed by atoms with E-state index >= 15 is 0 Å². The molecular formula is C13H19N3O. The molecule has 4 heteroatoms. The Morgan fingerprint density at radius 1 is 1.41 bits per heavy atom. The average molecular weight is 233 g/mol. The summed E-state index contributed by atoms with van der Waals surface area (Å²) in [6.07, 6.45) is 2.08. The lowest BCUT2D eigenvalue weighted by atomic mass is 10.2. The van der Waals surface area contributed by atoms with Crippen LogP contribution in [-0.2, 0) is 6.54 Å². The van der Waals surface area contributed by atoms with E-state index < -0.39 is 0 Å². The van der Waals surface area contributed by atoms with Gasteiger partial charge in [-0.05, 0) is 18.4 Å². The zero-order valence-electron chi connectivity index (χ0n) is 9.93. The molecule has 1 aliphatic rings. The number of hydrogen-bond acceptors (Lipinski definition) is 2. The summed E-state index contributed by atoms with van der Waals surface area (Å²) in [5.41, 5.74) is 6.76. The Morgan fingerprint density at radius 2 is 2.18 bits per heavy atom. The van der Waals surface area contributed by atoms with Crippen molar-refractivity contribution in [1.82, 2.24) is 10.2 Å². The maximum atomic E-state index is 11.9. The molecule has 0 radical (unpaired) electrons. The highest BCUT2D eigenvalue weighted by Gasteiger charge is 2.27. The minimum absolute atomic E-state index is 0.00167. The molecule has 2 amide bonds. The van der Waals surface area contributed by atoms with E-state index in [0.29, 0.717) is 13.1 Å². The summed E-state index contributed by atoms with van der Waals surface area (Å²) in [6, 6.07) is 10.1. The second-order valence-electron chi connectivity index (χ2n) is 4.37. The van der Waals surface area contributed by atoms with Gasteiger partial charge in [0.15, 0.2) is 0 Å². The minimum Gasteiger partial charge on any atom is -0.334 e. The highest BCUT2D eigenvalue weighted by Crippen LogP contribution is 2.15. The van der Waals surface area contributed by atoms with Crippen molar-refractivity contribution in [3.8, 4) is 0 Å². The Hall–Kier alpha value is -1.55. The van der Waals surface area contributed by atoms with Crippen LogP contribution in [0.4, 0.5) is 4.79 Å². The Kier molecular flexibility index (Phi) is 3.98. The molecular weight excluding hydrogens is 214 g/mol. The summed E-state index contributed by atoms with van der Waals surface area (Å²) < 4.78 is 0. The first-order chi connectivity index (χ1) is 8.31. The summed E-state index contributed by atoms with van der Waals surface area (Å²) in [4.78, 5) is 13.8. The average Bonchev–Trinajstić information content (AvgIpc) is 2.85. The quantitative estimate of drug-likeness (QED) is 0.827. The van der Waals surface area contributed by atoms with Crippen LogP contribution in [0.25, 0.3) is 0 Å². The van der Waals surface area contributed by atoms with E-state index in [-0.39, 0.29) is 12.1 Å². The van der Waals surface area contributed by atoms with Crippen LogP contribution in [-0.4, -0.2) is 30.1 Å². The first-order valence-electron chi connectivity index (χ1n) is 6.09. The predicted octanol–water partition coefficient (Wildman–Crippen LogP) is 1.32. The molecule has 1 saturated heterocycles. The number of amides is 2. The van der Waals surface area contributed by atoms with E-state index in [9.17, 15) is 4.79 Å². The molecule has 1 aromatic carbocycles. The Balaban J connectivity index is 1.85. The molecule has 1 aliphatic heterocycles. The van der Waals surface area contributed by atoms with Crippen molar-refractivity contribution < 1.29 is 4.79 Å². The maximum Gasteiger partial charge on any atom is 0.317 e. The lowest BCUT2D eigenvalue weighted by molar-refractivity contribution is 0.193. The van der Waals surface area contributed by atoms with E-state index in [1.807, 2.05) is 35.2 Å². The van der Waals surface area contributed by atoms with Crippen molar-refractivity contribution >= 4 is 6.03 Å². The number of nitrogens with one attached hydrogen (secondary N) is 1. The molecule has 1 atom stereocenters. The van der Waals surface area contributed by atoms with Crippen molar-refractivity contribution in [2.75, 3.05) is 13.1 Å². The van der Waals surface area contributed by atoms with Crippen molar-refractivity contribution in [3.63, 3.8) is 0 Å². The SMILES string of the molecule is NCC1CCCN1C(=O)NCc1ccccc1. The lowest BCUT2D eigenvalue weighted by Crippen LogP contribution is -2.45. The normalized spacial score (nSPS) is 19.4. The van der Waals surface area contributed by atoms with Crippen molar-refractivity contribution in [2.24, 2.45) is 5.73 Å². The third-order valence-corrected chi connectivity index (χ3v) is 3.20. The van der Waals surface area contributed by atoms with E-state index in [1.165, 1.54) is 0 Å². The number of rotatable bonds is 3. The summed E-state index contributed by atoms with van der Waals surface area (Å²) in [7, 11) is 0. The summed E-state index contributed by atoms with van der Waals surface area (Å²) >= 11 is 0. The van der Waals surface area contributed by atoms with Crippen LogP contribution in [0.1, 0.15) is 18.4 Å². The van der Waals surface area contributed by atoms with Crippen LogP contribution in [0.15, 0.2) is 30.3 Å². The fourth-order valence-corrected chi connectivity index (χ4v) is 2.22. The fraction of sp³-hybridized carbons (Fsp3) is 0.462. The molecule has 1 fully saturated rings. The molecule has 1 aromatic rings. The van der Waals surface area contributed by atoms with Crippen molar-refractivity contribution in [3.05, 3.63) is 35.9 Å². The lowest BCUT2D eigenvalue weighted by Gasteiger charge is -2.23. The first kappa shape index (κ1) is 11.9. The van der Waals surface area contributed by atoms with Crippen molar-refractivity contribution in [1.29, 1.82) is 0 Å². The molecule has 92 valence electrons. The summed E-state index contributed by atoms with van der Waals surface area (Å²) in [5, 5.41) is 2.94. The monoisotopic (exact) mass is 233 g/mol. The van der Waals surface area contributed by atoms with Crippen LogP contribution >= 0.6 is 0 Å². The third kappa shape index (κ3) is 2.97. The second kappa shape index (κ2) is 5.68. The van der Waals surface area contributed by atoms with Gasteiger partial charge in [-0.1, -0.05) is 30.3 Å². The standard InChI is InChI=1S/C13H19N3O/c14-9-12-7-4-8-16(12)13(17)15-10-11-5-2-1-3-6-11/h1-3,5-6,12H,4,7-10,14H2,(H,15,17). The van der Waals surface area contributed by atoms with Crippen LogP contribution in [0, 0.1) is 0 Å². The molecule has 1 unspecified atom stereocenters. The van der Waals surface area contributed by atoms with Gasteiger partial charge in [0.05, 0.1) is 0 Å². The predicted molar refractivity (Wildman–Crippen MR) is 67.5 cm³/mol. The van der Waals surface area contributed by atoms with Crippen LogP contribution in [0.3, 0.4) is 0 Å². The number of nitrogens with two attached hydrogens (primary N) is 1. The fourth-order valence-electron chi connectivity index (χ4n) is 2.22. The van der Waals surface area contributed by atoms with Gasteiger partial charge in [-0.25, -0.2) is 4.79 Å². The molecule has 4 nitrogen and oxygen atoms in total. The zero-order valence-corrected chi connectivity index (χ0v) is 9.93. The highest BCUT2D eigenvalue weighted by atomic mass is 16.2. The summed E-state index contributed by atoms with van der Waals surface area (Å²) in [5.74, 6) is 0. The summed E-state index contributed by atoms with van der Waals surface area (Å²) in [6.45, 7) is 1.95. The minimum atomic E-state index is 0.00167. The zero-order chi connectivity index (χ0) is 12.1.